The molecule has 4 heteroatoms. The Hall–Kier alpha value is -2.38. The SMILES string of the molecule is N#Cc1ccnc(NCCC(N)c2ccccc2)c1. The highest BCUT2D eigenvalue weighted by atomic mass is 15.0. The summed E-state index contributed by atoms with van der Waals surface area (Å²) in [5.74, 6) is 0.708. The van der Waals surface area contributed by atoms with Gasteiger partial charge in [-0.3, -0.25) is 0 Å². The first-order valence-electron chi connectivity index (χ1n) is 6.20. The van der Waals surface area contributed by atoms with Crippen LogP contribution in [0.15, 0.2) is 48.7 Å². The van der Waals surface area contributed by atoms with Crippen molar-refractivity contribution in [2.24, 2.45) is 5.73 Å². The first kappa shape index (κ1) is 13.1. The van der Waals surface area contributed by atoms with E-state index < -0.39 is 0 Å². The van der Waals surface area contributed by atoms with E-state index in [-0.39, 0.29) is 6.04 Å². The Morgan fingerprint density at radius 3 is 2.79 bits per heavy atom. The Morgan fingerprint density at radius 1 is 1.26 bits per heavy atom. The van der Waals surface area contributed by atoms with Gasteiger partial charge in [0.05, 0.1) is 11.6 Å². The van der Waals surface area contributed by atoms with Gasteiger partial charge in [-0.15, -0.1) is 0 Å². The lowest BCUT2D eigenvalue weighted by Crippen LogP contribution is -2.15. The molecule has 0 aliphatic carbocycles. The first-order valence-corrected chi connectivity index (χ1v) is 6.20. The summed E-state index contributed by atoms with van der Waals surface area (Å²) in [5, 5.41) is 12.0. The highest BCUT2D eigenvalue weighted by Crippen LogP contribution is 2.13. The maximum Gasteiger partial charge on any atom is 0.127 e. The molecule has 0 amide bonds. The second-order valence-electron chi connectivity index (χ2n) is 4.27. The number of nitrogens with two attached hydrogens (primary N) is 1. The summed E-state index contributed by atoms with van der Waals surface area (Å²) in [4.78, 5) is 4.15. The van der Waals surface area contributed by atoms with Gasteiger partial charge in [0, 0.05) is 18.8 Å². The largest absolute Gasteiger partial charge is 0.370 e. The molecular weight excluding hydrogens is 236 g/mol. The molecule has 2 aromatic rings. The zero-order valence-corrected chi connectivity index (χ0v) is 10.6. The highest BCUT2D eigenvalue weighted by Gasteiger charge is 2.04. The lowest BCUT2D eigenvalue weighted by Gasteiger charge is -2.12. The van der Waals surface area contributed by atoms with E-state index in [4.69, 9.17) is 11.0 Å². The topological polar surface area (TPSA) is 74.7 Å². The van der Waals surface area contributed by atoms with E-state index in [0.29, 0.717) is 11.4 Å². The van der Waals surface area contributed by atoms with Crippen LogP contribution in [0.1, 0.15) is 23.6 Å². The van der Waals surface area contributed by atoms with Gasteiger partial charge in [-0.2, -0.15) is 5.26 Å². The number of nitrogens with one attached hydrogen (secondary N) is 1. The average Bonchev–Trinajstić information content (AvgIpc) is 2.48. The molecule has 0 aliphatic heterocycles. The molecule has 0 bridgehead atoms. The first-order chi connectivity index (χ1) is 9.29. The molecule has 0 spiro atoms. The van der Waals surface area contributed by atoms with Crippen molar-refractivity contribution in [2.45, 2.75) is 12.5 Å². The summed E-state index contributed by atoms with van der Waals surface area (Å²) in [6.45, 7) is 0.720. The highest BCUT2D eigenvalue weighted by molar-refractivity contribution is 5.42. The lowest BCUT2D eigenvalue weighted by molar-refractivity contribution is 0.674. The van der Waals surface area contributed by atoms with Gasteiger partial charge in [0.15, 0.2) is 0 Å². The molecule has 2 rings (SSSR count). The predicted molar refractivity (Wildman–Crippen MR) is 75.4 cm³/mol. The molecule has 1 heterocycles. The van der Waals surface area contributed by atoms with Gasteiger partial charge < -0.3 is 11.1 Å². The van der Waals surface area contributed by atoms with Crippen LogP contribution in [-0.2, 0) is 0 Å². The average molecular weight is 252 g/mol. The molecule has 1 unspecified atom stereocenters. The minimum atomic E-state index is 0.00727. The summed E-state index contributed by atoms with van der Waals surface area (Å²) < 4.78 is 0. The molecular formula is C15H16N4. The normalized spacial score (nSPS) is 11.6. The van der Waals surface area contributed by atoms with E-state index in [9.17, 15) is 0 Å². The third kappa shape index (κ3) is 3.80. The summed E-state index contributed by atoms with van der Waals surface area (Å²) in [6, 6.07) is 15.5. The van der Waals surface area contributed by atoms with Crippen LogP contribution in [-0.4, -0.2) is 11.5 Å². The summed E-state index contributed by atoms with van der Waals surface area (Å²) in [5.41, 5.74) is 7.83. The zero-order valence-electron chi connectivity index (χ0n) is 10.6. The fraction of sp³-hybridized carbons (Fsp3) is 0.200. The van der Waals surface area contributed by atoms with Gasteiger partial charge in [-0.25, -0.2) is 4.98 Å². The maximum atomic E-state index is 8.80. The van der Waals surface area contributed by atoms with Crippen molar-refractivity contribution < 1.29 is 0 Å². The van der Waals surface area contributed by atoms with Gasteiger partial charge in [0.2, 0.25) is 0 Å². The third-order valence-electron chi connectivity index (χ3n) is 2.88. The molecule has 1 aromatic heterocycles. The maximum absolute atomic E-state index is 8.80. The van der Waals surface area contributed by atoms with Crippen molar-refractivity contribution in [3.63, 3.8) is 0 Å². The standard InChI is InChI=1S/C15H16N4/c16-11-12-6-8-18-15(10-12)19-9-7-14(17)13-4-2-1-3-5-13/h1-6,8,10,14H,7,9,17H2,(H,18,19). The smallest absolute Gasteiger partial charge is 0.127 e. The molecule has 0 saturated heterocycles. The zero-order chi connectivity index (χ0) is 13.5. The van der Waals surface area contributed by atoms with Crippen LogP contribution in [0, 0.1) is 11.3 Å². The van der Waals surface area contributed by atoms with Crippen molar-refractivity contribution in [3.05, 3.63) is 59.8 Å². The number of anilines is 1. The van der Waals surface area contributed by atoms with Crippen molar-refractivity contribution in [1.82, 2.24) is 4.98 Å². The fourth-order valence-corrected chi connectivity index (χ4v) is 1.82. The van der Waals surface area contributed by atoms with Crippen LogP contribution in [0.2, 0.25) is 0 Å². The van der Waals surface area contributed by atoms with E-state index in [1.807, 2.05) is 30.3 Å². The molecule has 19 heavy (non-hydrogen) atoms. The van der Waals surface area contributed by atoms with Gasteiger partial charge in [-0.1, -0.05) is 30.3 Å². The monoisotopic (exact) mass is 252 g/mol. The van der Waals surface area contributed by atoms with Crippen LogP contribution < -0.4 is 11.1 Å². The number of pyridine rings is 1. The van der Waals surface area contributed by atoms with Crippen LogP contribution in [0.25, 0.3) is 0 Å². The summed E-state index contributed by atoms with van der Waals surface area (Å²) >= 11 is 0. The number of aromatic nitrogens is 1. The van der Waals surface area contributed by atoms with Gasteiger partial charge in [0.25, 0.3) is 0 Å². The number of hydrogen-bond donors (Lipinski definition) is 2. The molecule has 0 aliphatic rings. The van der Waals surface area contributed by atoms with Crippen molar-refractivity contribution >= 4 is 5.82 Å². The van der Waals surface area contributed by atoms with Gasteiger partial charge in [0.1, 0.15) is 5.82 Å². The van der Waals surface area contributed by atoms with Crippen molar-refractivity contribution in [2.75, 3.05) is 11.9 Å². The predicted octanol–water partition coefficient (Wildman–Crippen LogP) is 2.46. The molecule has 3 N–H and O–H groups in total. The Balaban J connectivity index is 1.85. The van der Waals surface area contributed by atoms with E-state index in [1.165, 1.54) is 0 Å². The number of rotatable bonds is 5. The van der Waals surface area contributed by atoms with Crippen LogP contribution in [0.5, 0.6) is 0 Å². The molecule has 1 aromatic carbocycles. The number of benzene rings is 1. The number of hydrogen-bond acceptors (Lipinski definition) is 4. The molecule has 1 atom stereocenters. The molecule has 4 nitrogen and oxygen atoms in total. The molecule has 0 saturated carbocycles. The Morgan fingerprint density at radius 2 is 2.05 bits per heavy atom. The second kappa shape index (κ2) is 6.53. The van der Waals surface area contributed by atoms with Crippen molar-refractivity contribution in [1.29, 1.82) is 5.26 Å². The van der Waals surface area contributed by atoms with Crippen LogP contribution in [0.3, 0.4) is 0 Å². The Labute approximate surface area is 112 Å². The van der Waals surface area contributed by atoms with E-state index in [1.54, 1.807) is 18.3 Å². The quantitative estimate of drug-likeness (QED) is 0.857. The van der Waals surface area contributed by atoms with E-state index >= 15 is 0 Å². The molecule has 96 valence electrons. The number of nitrogens with zero attached hydrogens (tertiary/aromatic N) is 2. The van der Waals surface area contributed by atoms with E-state index in [0.717, 1.165) is 18.5 Å². The summed E-state index contributed by atoms with van der Waals surface area (Å²) in [7, 11) is 0. The molecule has 0 radical (unpaired) electrons. The minimum absolute atomic E-state index is 0.00727. The van der Waals surface area contributed by atoms with Crippen LogP contribution in [0.4, 0.5) is 5.82 Å². The van der Waals surface area contributed by atoms with Gasteiger partial charge in [-0.05, 0) is 24.1 Å². The Kier molecular flexibility index (Phi) is 4.49. The van der Waals surface area contributed by atoms with E-state index in [2.05, 4.69) is 16.4 Å². The lowest BCUT2D eigenvalue weighted by atomic mass is 10.1. The Bertz CT molecular complexity index is 560. The van der Waals surface area contributed by atoms with Crippen molar-refractivity contribution in [3.8, 4) is 6.07 Å². The van der Waals surface area contributed by atoms with Crippen LogP contribution >= 0.6 is 0 Å². The van der Waals surface area contributed by atoms with Gasteiger partial charge >= 0.3 is 0 Å². The second-order valence-corrected chi connectivity index (χ2v) is 4.27. The minimum Gasteiger partial charge on any atom is -0.370 e. The third-order valence-corrected chi connectivity index (χ3v) is 2.88. The fourth-order valence-electron chi connectivity index (χ4n) is 1.82. The molecule has 0 fully saturated rings. The summed E-state index contributed by atoms with van der Waals surface area (Å²) in [6.07, 6.45) is 2.43. The number of nitriles is 1.